The molecule has 3 aromatic rings. The van der Waals surface area contributed by atoms with Crippen molar-refractivity contribution in [3.05, 3.63) is 173 Å². The maximum absolute atomic E-state index is 8.16. The Hall–Kier alpha value is -6.14. The number of rotatable bonds is 8. The van der Waals surface area contributed by atoms with E-state index in [-0.39, 0.29) is 5.54 Å². The van der Waals surface area contributed by atoms with Crippen molar-refractivity contribution >= 4 is 51.3 Å². The average molecular weight is 809 g/mol. The molecule has 2 atom stereocenters. The Morgan fingerprint density at radius 2 is 1.23 bits per heavy atom. The van der Waals surface area contributed by atoms with Crippen LogP contribution in [-0.4, -0.2) is 39.8 Å². The highest BCUT2D eigenvalue weighted by Gasteiger charge is 2.31. The van der Waals surface area contributed by atoms with Gasteiger partial charge in [0.15, 0.2) is 0 Å². The lowest BCUT2D eigenvalue weighted by Gasteiger charge is -2.34. The highest BCUT2D eigenvalue weighted by Crippen LogP contribution is 2.35. The Kier molecular flexibility index (Phi) is 16.1. The zero-order valence-corrected chi connectivity index (χ0v) is 38.0. The molecule has 0 amide bonds. The summed E-state index contributed by atoms with van der Waals surface area (Å²) in [6.07, 6.45) is 18.6. The van der Waals surface area contributed by atoms with Crippen LogP contribution in [0.1, 0.15) is 94.9 Å². The number of hydrogen-bond acceptors (Lipinski definition) is 6. The molecule has 0 saturated heterocycles. The summed E-state index contributed by atoms with van der Waals surface area (Å²) in [4.78, 5) is 19.0. The molecule has 0 bridgehead atoms. The van der Waals surface area contributed by atoms with E-state index in [9.17, 15) is 0 Å². The molecule has 1 heterocycles. The molecule has 0 fully saturated rings. The Morgan fingerprint density at radius 3 is 1.75 bits per heavy atom. The lowest BCUT2D eigenvalue weighted by molar-refractivity contribution is 0.406. The predicted molar refractivity (Wildman–Crippen MR) is 265 cm³/mol. The van der Waals surface area contributed by atoms with Gasteiger partial charge in [-0.25, -0.2) is 15.0 Å². The van der Waals surface area contributed by atoms with Gasteiger partial charge in [0.25, 0.3) is 0 Å². The van der Waals surface area contributed by atoms with Crippen LogP contribution in [0.15, 0.2) is 193 Å². The average Bonchev–Trinajstić information content (AvgIpc) is 3.22. The minimum absolute atomic E-state index is 0.0386. The largest absolute Gasteiger partial charge is 0.301 e. The van der Waals surface area contributed by atoms with Crippen molar-refractivity contribution in [2.75, 3.05) is 0 Å². The Morgan fingerprint density at radius 1 is 0.721 bits per heavy atom. The second-order valence-corrected chi connectivity index (χ2v) is 16.9. The minimum atomic E-state index is 0.0386. The van der Waals surface area contributed by atoms with Gasteiger partial charge < -0.3 is 10.8 Å². The van der Waals surface area contributed by atoms with E-state index in [1.165, 1.54) is 11.1 Å². The first kappa shape index (κ1) is 45.9. The van der Waals surface area contributed by atoms with Crippen LogP contribution in [0, 0.1) is 22.7 Å². The van der Waals surface area contributed by atoms with Crippen LogP contribution in [0.4, 0.5) is 17.1 Å². The third-order valence-electron chi connectivity index (χ3n) is 11.1. The van der Waals surface area contributed by atoms with Gasteiger partial charge in [0, 0.05) is 5.57 Å². The number of fused-ring (bicyclic) bond motifs is 1. The molecule has 3 aromatic carbocycles. The topological polar surface area (TPSA) is 97.1 Å². The highest BCUT2D eigenvalue weighted by molar-refractivity contribution is 6.26. The number of para-hydroxylation sites is 3. The van der Waals surface area contributed by atoms with Crippen molar-refractivity contribution in [2.45, 2.75) is 100 Å². The molecule has 61 heavy (non-hydrogen) atoms. The van der Waals surface area contributed by atoms with E-state index in [2.05, 4.69) is 85.5 Å². The Balaban J connectivity index is 0.000000173. The van der Waals surface area contributed by atoms with Crippen molar-refractivity contribution in [3.8, 4) is 0 Å². The van der Waals surface area contributed by atoms with Crippen LogP contribution in [-0.2, 0) is 0 Å². The molecule has 6 heteroatoms. The summed E-state index contributed by atoms with van der Waals surface area (Å²) in [6.45, 7) is 21.5. The van der Waals surface area contributed by atoms with Gasteiger partial charge in [0.05, 0.1) is 56.9 Å². The van der Waals surface area contributed by atoms with Crippen molar-refractivity contribution in [1.82, 2.24) is 0 Å². The lowest BCUT2D eigenvalue weighted by atomic mass is 9.78. The number of hydrogen-bond donors (Lipinski definition) is 2. The molecule has 2 N–H and O–H groups in total. The van der Waals surface area contributed by atoms with Gasteiger partial charge in [-0.2, -0.15) is 0 Å². The number of nitrogens with one attached hydrogen (secondary N) is 2. The molecule has 0 saturated carbocycles. The molecule has 2 unspecified atom stereocenters. The second kappa shape index (κ2) is 21.4. The fraction of sp³-hybridized carbons (Fsp3) is 0.309. The standard InChI is InChI=1S/C19H22N2.C18H20N2.C18H22N2/c1-13-10-18-16(14(2)12-19(3,4)21-18)11-17(13)20-15-8-6-5-7-9-15;1-4-8-13(2)16-12-18(14(3)11-17(16)19)20-15-9-6-5-7-10-15;1-4-8-13(2)18-14(3)17(12-11-16(18)19)20-15-9-6-5-7-10-15/h5-11,14H,12H2,1-4H3;5-12,19H,4H2,1-3H3;5-7,9-13,19H,4,8H2,1-3H3/b;13-8-,19-17?,20-18?;. The van der Waals surface area contributed by atoms with E-state index < -0.39 is 0 Å². The lowest BCUT2D eigenvalue weighted by Crippen LogP contribution is -2.32. The molecular formula is C55H64N6. The summed E-state index contributed by atoms with van der Waals surface area (Å²) in [6, 6.07) is 30.0. The van der Waals surface area contributed by atoms with Gasteiger partial charge in [-0.05, 0) is 179 Å². The molecule has 3 aliphatic carbocycles. The van der Waals surface area contributed by atoms with E-state index in [0.717, 1.165) is 93.5 Å². The Labute approximate surface area is 365 Å². The summed E-state index contributed by atoms with van der Waals surface area (Å²) in [5, 5.41) is 16.3. The zero-order valence-electron chi connectivity index (χ0n) is 38.0. The quantitative estimate of drug-likeness (QED) is 0.212. The first-order chi connectivity index (χ1) is 29.2. The van der Waals surface area contributed by atoms with Gasteiger partial charge in [0.2, 0.25) is 0 Å². The van der Waals surface area contributed by atoms with Crippen LogP contribution < -0.4 is 0 Å². The minimum Gasteiger partial charge on any atom is -0.301 e. The fourth-order valence-corrected chi connectivity index (χ4v) is 8.08. The molecule has 1 aliphatic heterocycles. The van der Waals surface area contributed by atoms with Gasteiger partial charge >= 0.3 is 0 Å². The molecule has 6 nitrogen and oxygen atoms in total. The predicted octanol–water partition coefficient (Wildman–Crippen LogP) is 15.0. The number of allylic oxidation sites excluding steroid dienone is 14. The number of aliphatic imine (C=N–C) groups is 4. The monoisotopic (exact) mass is 809 g/mol. The van der Waals surface area contributed by atoms with E-state index in [1.807, 2.05) is 122 Å². The molecular weight excluding hydrogens is 745 g/mol. The third kappa shape index (κ3) is 12.7. The van der Waals surface area contributed by atoms with Gasteiger partial charge in [-0.3, -0.25) is 4.99 Å². The van der Waals surface area contributed by atoms with Crippen LogP contribution in [0.3, 0.4) is 0 Å². The summed E-state index contributed by atoms with van der Waals surface area (Å²) >= 11 is 0. The Bertz CT molecular complexity index is 2420. The zero-order chi connectivity index (χ0) is 44.1. The van der Waals surface area contributed by atoms with E-state index in [4.69, 9.17) is 25.8 Å². The number of benzene rings is 3. The molecule has 7 rings (SSSR count). The summed E-state index contributed by atoms with van der Waals surface area (Å²) < 4.78 is 0. The van der Waals surface area contributed by atoms with Gasteiger partial charge in [0.1, 0.15) is 0 Å². The first-order valence-electron chi connectivity index (χ1n) is 21.8. The molecule has 0 radical (unpaired) electrons. The number of nitrogens with zero attached hydrogens (tertiary/aromatic N) is 4. The van der Waals surface area contributed by atoms with Crippen LogP contribution in [0.2, 0.25) is 0 Å². The van der Waals surface area contributed by atoms with Crippen LogP contribution >= 0.6 is 0 Å². The third-order valence-corrected chi connectivity index (χ3v) is 11.1. The second-order valence-electron chi connectivity index (χ2n) is 16.9. The van der Waals surface area contributed by atoms with E-state index >= 15 is 0 Å². The maximum atomic E-state index is 8.16. The SMILES string of the molecule is CC/C=C(/C)C1=CC(=Nc2ccccc2)C(C)=CC1=N.CC1=CC2=NC(C)(C)CC(C)C2=CC1=Nc1ccccc1.CCCC(C)C1=C(C)C(=Nc2ccccc2)C=CC1=N. The first-order valence-corrected chi connectivity index (χ1v) is 21.8. The van der Waals surface area contributed by atoms with E-state index in [0.29, 0.717) is 23.3 Å². The normalized spacial score (nSPS) is 21.0. The molecule has 4 aliphatic rings. The van der Waals surface area contributed by atoms with Gasteiger partial charge in [-0.1, -0.05) is 94.8 Å². The van der Waals surface area contributed by atoms with Crippen molar-refractivity contribution in [3.63, 3.8) is 0 Å². The van der Waals surface area contributed by atoms with Crippen molar-refractivity contribution < 1.29 is 0 Å². The van der Waals surface area contributed by atoms with Gasteiger partial charge in [-0.15, -0.1) is 0 Å². The highest BCUT2D eigenvalue weighted by atomic mass is 14.9. The van der Waals surface area contributed by atoms with Crippen LogP contribution in [0.5, 0.6) is 0 Å². The summed E-state index contributed by atoms with van der Waals surface area (Å²) in [5.41, 5.74) is 16.2. The fourth-order valence-electron chi connectivity index (χ4n) is 8.08. The summed E-state index contributed by atoms with van der Waals surface area (Å²) in [5.74, 6) is 0.941. The molecule has 314 valence electrons. The van der Waals surface area contributed by atoms with Crippen molar-refractivity contribution in [2.24, 2.45) is 31.8 Å². The maximum Gasteiger partial charge on any atom is 0.0673 e. The summed E-state index contributed by atoms with van der Waals surface area (Å²) in [7, 11) is 0. The van der Waals surface area contributed by atoms with Crippen LogP contribution in [0.25, 0.3) is 0 Å². The van der Waals surface area contributed by atoms with Crippen molar-refractivity contribution in [1.29, 1.82) is 10.8 Å². The molecule has 0 spiro atoms. The van der Waals surface area contributed by atoms with E-state index in [1.54, 1.807) is 0 Å². The smallest absolute Gasteiger partial charge is 0.0673 e. The molecule has 0 aromatic heterocycles.